The molecule has 4 N–H and O–H groups in total. The topological polar surface area (TPSA) is 230 Å². The molecule has 0 amide bonds. The van der Waals surface area contributed by atoms with Crippen molar-refractivity contribution in [3.63, 3.8) is 0 Å². The minimum absolute atomic E-state index is 0.153. The molecule has 0 unspecified atom stereocenters. The summed E-state index contributed by atoms with van der Waals surface area (Å²) in [6, 6.07) is 1.33. The van der Waals surface area contributed by atoms with E-state index in [1.54, 1.807) is 0 Å². The predicted octanol–water partition coefficient (Wildman–Crippen LogP) is 1.49. The molecule has 0 spiro atoms. The van der Waals surface area contributed by atoms with Gasteiger partial charge in [-0.2, -0.15) is 25.3 Å². The lowest BCUT2D eigenvalue weighted by molar-refractivity contribution is 0.411. The highest BCUT2D eigenvalue weighted by Crippen LogP contribution is 2.35. The first kappa shape index (κ1) is 26.6. The number of rotatable bonds is 7. The van der Waals surface area contributed by atoms with Gasteiger partial charge in [0.2, 0.25) is 5.88 Å². The maximum absolute atomic E-state index is 12.5. The number of hydrogen-bond donors (Lipinski definition) is 4. The minimum atomic E-state index is -4.95. The van der Waals surface area contributed by atoms with Gasteiger partial charge in [0.1, 0.15) is 22.0 Å². The summed E-state index contributed by atoms with van der Waals surface area (Å²) in [4.78, 5) is 10.9. The van der Waals surface area contributed by atoms with Crippen molar-refractivity contribution in [3.8, 4) is 5.88 Å². The highest BCUT2D eigenvalue weighted by Gasteiger charge is 2.24. The van der Waals surface area contributed by atoms with Crippen molar-refractivity contribution in [2.75, 3.05) is 0 Å². The van der Waals surface area contributed by atoms with Crippen LogP contribution in [-0.2, 0) is 42.7 Å². The Labute approximate surface area is 188 Å². The average Bonchev–Trinajstić information content (AvgIpc) is 2.63. The Hall–Kier alpha value is -2.70. The van der Waals surface area contributed by atoms with Gasteiger partial charge >= 0.3 is 0 Å². The van der Waals surface area contributed by atoms with Crippen LogP contribution in [0.5, 0.6) is 5.88 Å². The Morgan fingerprint density at radius 1 is 0.909 bits per heavy atom. The van der Waals surface area contributed by atoms with Crippen molar-refractivity contribution in [3.05, 3.63) is 39.2 Å². The molecule has 14 nitrogen and oxygen atoms in total. The van der Waals surface area contributed by atoms with E-state index in [2.05, 4.69) is 10.2 Å². The molecule has 0 aliphatic rings. The summed E-state index contributed by atoms with van der Waals surface area (Å²) in [7, 11) is -14.5. The number of benzene rings is 1. The lowest BCUT2D eigenvalue weighted by Gasteiger charge is -2.14. The number of nitrogens with zero attached hydrogens (tertiary/aromatic N) is 3. The van der Waals surface area contributed by atoms with Crippen LogP contribution in [0.3, 0.4) is 0 Å². The van der Waals surface area contributed by atoms with Gasteiger partial charge in [0.15, 0.2) is 0 Å². The molecule has 2 rings (SSSR count). The number of aryl methyl sites for hydroxylation is 1. The molecule has 0 saturated carbocycles. The van der Waals surface area contributed by atoms with Crippen LogP contribution < -0.4 is 5.56 Å². The second kappa shape index (κ2) is 8.92. The van der Waals surface area contributed by atoms with Crippen LogP contribution in [0.4, 0.5) is 11.4 Å². The number of aromatic hydroxyl groups is 1. The lowest BCUT2D eigenvalue weighted by Crippen LogP contribution is -2.26. The zero-order valence-corrected chi connectivity index (χ0v) is 19.7. The Morgan fingerprint density at radius 2 is 1.45 bits per heavy atom. The van der Waals surface area contributed by atoms with E-state index in [1.807, 2.05) is 0 Å². The van der Waals surface area contributed by atoms with Gasteiger partial charge in [-0.3, -0.25) is 23.0 Å². The van der Waals surface area contributed by atoms with Gasteiger partial charge in [-0.25, -0.2) is 0 Å². The summed E-state index contributed by atoms with van der Waals surface area (Å²) in [5, 5.41) is 17.6. The van der Waals surface area contributed by atoms with Gasteiger partial charge < -0.3 is 5.11 Å². The summed E-state index contributed by atoms with van der Waals surface area (Å²) in [6.45, 7) is 3.61. The number of hydrogen-bond acceptors (Lipinski definition) is 10. The van der Waals surface area contributed by atoms with Crippen LogP contribution in [-0.4, -0.2) is 48.6 Å². The van der Waals surface area contributed by atoms with E-state index >= 15 is 0 Å². The van der Waals surface area contributed by atoms with E-state index < -0.39 is 74.3 Å². The molecule has 0 aliphatic heterocycles. The molecule has 182 valence electrons. The highest BCUT2D eigenvalue weighted by atomic mass is 32.2. The molecule has 0 bridgehead atoms. The number of aromatic nitrogens is 1. The number of pyridine rings is 1. The minimum Gasteiger partial charge on any atom is -0.493 e. The quantitative estimate of drug-likeness (QED) is 0.299. The Morgan fingerprint density at radius 3 is 1.91 bits per heavy atom. The maximum Gasteiger partial charge on any atom is 0.296 e. The van der Waals surface area contributed by atoms with Gasteiger partial charge in [-0.05, 0) is 44.0 Å². The summed E-state index contributed by atoms with van der Waals surface area (Å²) >= 11 is 0. The zero-order chi connectivity index (χ0) is 25.5. The predicted molar refractivity (Wildman–Crippen MR) is 113 cm³/mol. The molecular formula is C16H19N3O11S3. The first-order valence-electron chi connectivity index (χ1n) is 8.80. The Balaban J connectivity index is 2.88. The smallest absolute Gasteiger partial charge is 0.296 e. The molecule has 1 aromatic heterocycles. The lowest BCUT2D eigenvalue weighted by atomic mass is 10.1. The van der Waals surface area contributed by atoms with Crippen LogP contribution in [0, 0.1) is 13.8 Å². The SMILES string of the molecule is CCn1c(O)c(N=Nc2cc(S(=O)(=O)O)c(C)cc2S(=O)(=O)O)c(C)c(CS(=O)(=O)O)c1=O. The third-order valence-corrected chi connectivity index (χ3v) is 7.02. The van der Waals surface area contributed by atoms with Gasteiger partial charge in [-0.1, -0.05) is 0 Å². The standard InChI is InChI=1S/C16H19N3O11S3/c1-4-19-15(20)10(7-31(22,23)24)9(3)14(16(19)21)18-17-11-6-12(32(25,26)27)8(2)5-13(11)33(28,29)30/h5-6,21H,4,7H2,1-3H3,(H,22,23,24)(H,25,26,27)(H,28,29,30). The van der Waals surface area contributed by atoms with Gasteiger partial charge in [0.25, 0.3) is 35.9 Å². The first-order chi connectivity index (χ1) is 14.9. The molecule has 33 heavy (non-hydrogen) atoms. The van der Waals surface area contributed by atoms with Crippen molar-refractivity contribution in [2.24, 2.45) is 10.2 Å². The van der Waals surface area contributed by atoms with Crippen molar-refractivity contribution in [1.29, 1.82) is 0 Å². The zero-order valence-electron chi connectivity index (χ0n) is 17.3. The molecule has 17 heteroatoms. The molecule has 2 aromatic rings. The van der Waals surface area contributed by atoms with Gasteiger partial charge in [-0.15, -0.1) is 10.2 Å². The van der Waals surface area contributed by atoms with E-state index in [-0.39, 0.29) is 17.7 Å². The van der Waals surface area contributed by atoms with Crippen LogP contribution in [0.25, 0.3) is 0 Å². The molecule has 0 saturated heterocycles. The van der Waals surface area contributed by atoms with E-state index in [9.17, 15) is 44.3 Å². The van der Waals surface area contributed by atoms with Crippen molar-refractivity contribution in [2.45, 2.75) is 42.9 Å². The first-order valence-corrected chi connectivity index (χ1v) is 13.3. The van der Waals surface area contributed by atoms with Gasteiger partial charge in [0, 0.05) is 12.1 Å². The summed E-state index contributed by atoms with van der Waals surface area (Å²) in [6.07, 6.45) is 0. The van der Waals surface area contributed by atoms with Crippen LogP contribution >= 0.6 is 0 Å². The summed E-state index contributed by atoms with van der Waals surface area (Å²) in [5.41, 5.74) is -3.10. The second-order valence-electron chi connectivity index (χ2n) is 6.79. The second-order valence-corrected chi connectivity index (χ2v) is 11.0. The molecule has 1 heterocycles. The molecule has 1 aromatic carbocycles. The molecule has 0 radical (unpaired) electrons. The highest BCUT2D eigenvalue weighted by molar-refractivity contribution is 7.86. The van der Waals surface area contributed by atoms with Crippen molar-refractivity contribution < 1.29 is 44.0 Å². The third kappa shape index (κ3) is 5.81. The normalized spacial score (nSPS) is 13.0. The Bertz CT molecular complexity index is 1540. The number of azo groups is 1. The molecule has 0 fully saturated rings. The van der Waals surface area contributed by atoms with E-state index in [0.29, 0.717) is 10.6 Å². The van der Waals surface area contributed by atoms with Crippen LogP contribution in [0.1, 0.15) is 23.6 Å². The van der Waals surface area contributed by atoms with Gasteiger partial charge in [0.05, 0.1) is 4.90 Å². The van der Waals surface area contributed by atoms with E-state index in [4.69, 9.17) is 4.55 Å². The fraction of sp³-hybridized carbons (Fsp3) is 0.312. The largest absolute Gasteiger partial charge is 0.493 e. The van der Waals surface area contributed by atoms with E-state index in [0.717, 1.165) is 13.0 Å². The molecule has 0 aliphatic carbocycles. The fourth-order valence-corrected chi connectivity index (χ4v) is 5.06. The Kier molecular flexibility index (Phi) is 7.17. The summed E-state index contributed by atoms with van der Waals surface area (Å²) in [5.74, 6) is -1.90. The van der Waals surface area contributed by atoms with Crippen molar-refractivity contribution in [1.82, 2.24) is 4.57 Å². The summed E-state index contributed by atoms with van der Waals surface area (Å²) < 4.78 is 97.8. The molecule has 0 atom stereocenters. The third-order valence-electron chi connectivity index (χ3n) is 4.49. The van der Waals surface area contributed by atoms with E-state index in [1.165, 1.54) is 13.8 Å². The monoisotopic (exact) mass is 525 g/mol. The maximum atomic E-state index is 12.5. The molecular weight excluding hydrogens is 506 g/mol. The van der Waals surface area contributed by atoms with Crippen LogP contribution in [0.15, 0.2) is 36.9 Å². The average molecular weight is 526 g/mol. The fourth-order valence-electron chi connectivity index (χ4n) is 2.94. The van der Waals surface area contributed by atoms with Crippen LogP contribution in [0.2, 0.25) is 0 Å². The van der Waals surface area contributed by atoms with Crippen molar-refractivity contribution >= 4 is 41.7 Å².